The minimum atomic E-state index is -0.897. The molecule has 0 saturated carbocycles. The molecule has 2 amide bonds. The lowest BCUT2D eigenvalue weighted by molar-refractivity contribution is -0.148. The first-order valence-corrected chi connectivity index (χ1v) is 12.2. The zero-order valence-electron chi connectivity index (χ0n) is 20.8. The molecule has 2 N–H and O–H groups in total. The van der Waals surface area contributed by atoms with Crippen LogP contribution in [0.15, 0.2) is 48.5 Å². The van der Waals surface area contributed by atoms with Gasteiger partial charge in [-0.05, 0) is 40.0 Å². The lowest BCUT2D eigenvalue weighted by Crippen LogP contribution is -2.57. The van der Waals surface area contributed by atoms with E-state index >= 15 is 0 Å². The average Bonchev–Trinajstić information content (AvgIpc) is 3.13. The van der Waals surface area contributed by atoms with E-state index in [0.717, 1.165) is 22.3 Å². The molecule has 7 heteroatoms. The molecule has 2 aliphatic rings. The summed E-state index contributed by atoms with van der Waals surface area (Å²) in [5.41, 5.74) is 3.94. The van der Waals surface area contributed by atoms with Crippen LogP contribution in [0, 0.1) is 17.3 Å². The lowest BCUT2D eigenvalue weighted by Gasteiger charge is -2.39. The Kier molecular flexibility index (Phi) is 6.88. The number of nitrogens with one attached hydrogen (secondary N) is 1. The number of likely N-dealkylation sites (tertiary alicyclic amines) is 1. The number of benzene rings is 2. The van der Waals surface area contributed by atoms with Crippen LogP contribution in [0.5, 0.6) is 0 Å². The molecule has 1 aliphatic carbocycles. The van der Waals surface area contributed by atoms with Crippen molar-refractivity contribution in [2.75, 3.05) is 19.7 Å². The van der Waals surface area contributed by atoms with Gasteiger partial charge < -0.3 is 20.1 Å². The molecule has 3 atom stereocenters. The molecular formula is C28H34N2O5. The highest BCUT2D eigenvalue weighted by atomic mass is 16.5. The van der Waals surface area contributed by atoms with Gasteiger partial charge in [0.25, 0.3) is 0 Å². The summed E-state index contributed by atoms with van der Waals surface area (Å²) in [6, 6.07) is 15.4. The minimum absolute atomic E-state index is 0.0730. The van der Waals surface area contributed by atoms with Crippen LogP contribution in [0.4, 0.5) is 4.79 Å². The maximum atomic E-state index is 13.4. The summed E-state index contributed by atoms with van der Waals surface area (Å²) in [6.07, 6.45) is -0.112. The van der Waals surface area contributed by atoms with Crippen molar-refractivity contribution in [2.24, 2.45) is 17.3 Å². The Morgan fingerprint density at radius 3 is 2.14 bits per heavy atom. The highest BCUT2D eigenvalue weighted by Crippen LogP contribution is 2.44. The number of carbonyl (C=O) groups excluding carboxylic acids is 2. The van der Waals surface area contributed by atoms with Crippen molar-refractivity contribution in [1.29, 1.82) is 0 Å². The molecule has 1 heterocycles. The summed E-state index contributed by atoms with van der Waals surface area (Å²) in [5, 5.41) is 12.3. The van der Waals surface area contributed by atoms with E-state index in [9.17, 15) is 19.5 Å². The Hall–Kier alpha value is -3.35. The molecule has 0 radical (unpaired) electrons. The monoisotopic (exact) mass is 478 g/mol. The zero-order chi connectivity index (χ0) is 25.3. The van der Waals surface area contributed by atoms with Crippen LogP contribution in [-0.2, 0) is 14.3 Å². The van der Waals surface area contributed by atoms with Crippen LogP contribution in [0.2, 0.25) is 0 Å². The summed E-state index contributed by atoms with van der Waals surface area (Å²) in [6.45, 7) is 8.36. The number of amides is 2. The molecule has 2 unspecified atom stereocenters. The fraction of sp³-hybridized carbons (Fsp3) is 0.464. The lowest BCUT2D eigenvalue weighted by atomic mass is 9.84. The zero-order valence-corrected chi connectivity index (χ0v) is 20.8. The largest absolute Gasteiger partial charge is 0.481 e. The number of nitrogens with zero attached hydrogens (tertiary/aromatic N) is 1. The van der Waals surface area contributed by atoms with Crippen LogP contribution in [0.3, 0.4) is 0 Å². The number of alkyl carbamates (subject to hydrolysis) is 1. The Morgan fingerprint density at radius 2 is 1.60 bits per heavy atom. The maximum absolute atomic E-state index is 13.4. The van der Waals surface area contributed by atoms with Gasteiger partial charge in [-0.3, -0.25) is 9.59 Å². The summed E-state index contributed by atoms with van der Waals surface area (Å²) < 4.78 is 5.67. The van der Waals surface area contributed by atoms with E-state index in [2.05, 4.69) is 29.6 Å². The van der Waals surface area contributed by atoms with E-state index in [1.54, 1.807) is 4.90 Å². The molecule has 35 heavy (non-hydrogen) atoms. The number of rotatable bonds is 5. The summed E-state index contributed by atoms with van der Waals surface area (Å²) in [4.78, 5) is 39.5. The van der Waals surface area contributed by atoms with Gasteiger partial charge in [0.05, 0.1) is 5.92 Å². The first-order valence-electron chi connectivity index (χ1n) is 12.2. The average molecular weight is 479 g/mol. The summed E-state index contributed by atoms with van der Waals surface area (Å²) >= 11 is 0. The number of carboxylic acid groups (broad SMARTS) is 1. The van der Waals surface area contributed by atoms with Crippen LogP contribution < -0.4 is 5.32 Å². The van der Waals surface area contributed by atoms with Gasteiger partial charge in [-0.25, -0.2) is 4.79 Å². The third kappa shape index (κ3) is 5.19. The van der Waals surface area contributed by atoms with E-state index < -0.39 is 29.4 Å². The molecule has 1 fully saturated rings. The molecule has 0 bridgehead atoms. The highest BCUT2D eigenvalue weighted by Gasteiger charge is 2.40. The summed E-state index contributed by atoms with van der Waals surface area (Å²) in [7, 11) is 0. The van der Waals surface area contributed by atoms with Crippen molar-refractivity contribution < 1.29 is 24.2 Å². The number of carbonyl (C=O) groups is 3. The van der Waals surface area contributed by atoms with Gasteiger partial charge in [-0.15, -0.1) is 0 Å². The molecule has 4 rings (SSSR count). The Labute approximate surface area is 206 Å². The fourth-order valence-corrected chi connectivity index (χ4v) is 5.30. The Bertz CT molecular complexity index is 1080. The van der Waals surface area contributed by atoms with Gasteiger partial charge in [0, 0.05) is 19.0 Å². The molecule has 2 aromatic rings. The van der Waals surface area contributed by atoms with Crippen molar-refractivity contribution in [1.82, 2.24) is 10.2 Å². The van der Waals surface area contributed by atoms with E-state index in [1.165, 1.54) is 0 Å². The second kappa shape index (κ2) is 9.72. The van der Waals surface area contributed by atoms with Crippen molar-refractivity contribution in [3.63, 3.8) is 0 Å². The normalized spacial score (nSPS) is 20.5. The fourth-order valence-electron chi connectivity index (χ4n) is 5.30. The van der Waals surface area contributed by atoms with Gasteiger partial charge in [-0.2, -0.15) is 0 Å². The van der Waals surface area contributed by atoms with E-state index in [-0.39, 0.29) is 30.9 Å². The predicted octanol–water partition coefficient (Wildman–Crippen LogP) is 4.51. The van der Waals surface area contributed by atoms with Gasteiger partial charge >= 0.3 is 12.1 Å². The SMILES string of the molecule is CC1CC(C(=O)O)CN(C(=O)[C@H](NC(=O)OCC2c3ccccc3-c3ccccc32)C(C)(C)C)C1. The van der Waals surface area contributed by atoms with Crippen LogP contribution in [0.1, 0.15) is 51.2 Å². The van der Waals surface area contributed by atoms with Crippen molar-refractivity contribution in [2.45, 2.75) is 46.1 Å². The molecule has 2 aromatic carbocycles. The molecular weight excluding hydrogens is 444 g/mol. The number of fused-ring (bicyclic) bond motifs is 3. The van der Waals surface area contributed by atoms with Gasteiger partial charge in [0.15, 0.2) is 0 Å². The second-order valence-electron chi connectivity index (χ2n) is 10.9. The molecule has 0 spiro atoms. The number of aliphatic carboxylic acids is 1. The topological polar surface area (TPSA) is 95.9 Å². The number of hydrogen-bond acceptors (Lipinski definition) is 4. The van der Waals surface area contributed by atoms with E-state index in [0.29, 0.717) is 13.0 Å². The van der Waals surface area contributed by atoms with Gasteiger partial charge in [0.1, 0.15) is 12.6 Å². The third-order valence-corrected chi connectivity index (χ3v) is 7.04. The standard InChI is InChI=1S/C28H34N2O5/c1-17-13-18(26(32)33)15-30(14-17)25(31)24(28(2,3)4)29-27(34)35-16-23-21-11-7-5-9-19(21)20-10-6-8-12-22(20)23/h5-12,17-18,23-24H,13-16H2,1-4H3,(H,29,34)(H,32,33)/t17?,18?,24-/m0/s1. The van der Waals surface area contributed by atoms with Gasteiger partial charge in [0.2, 0.25) is 5.91 Å². The quantitative estimate of drug-likeness (QED) is 0.659. The van der Waals surface area contributed by atoms with Gasteiger partial charge in [-0.1, -0.05) is 76.2 Å². The van der Waals surface area contributed by atoms with Crippen LogP contribution >= 0.6 is 0 Å². The smallest absolute Gasteiger partial charge is 0.407 e. The number of ether oxygens (including phenoxy) is 1. The van der Waals surface area contributed by atoms with Crippen molar-refractivity contribution in [3.05, 3.63) is 59.7 Å². The third-order valence-electron chi connectivity index (χ3n) is 7.04. The Morgan fingerprint density at radius 1 is 1.03 bits per heavy atom. The maximum Gasteiger partial charge on any atom is 0.407 e. The number of hydrogen-bond donors (Lipinski definition) is 2. The van der Waals surface area contributed by atoms with Crippen molar-refractivity contribution in [3.8, 4) is 11.1 Å². The molecule has 1 saturated heterocycles. The van der Waals surface area contributed by atoms with E-state index in [1.807, 2.05) is 52.0 Å². The predicted molar refractivity (Wildman–Crippen MR) is 133 cm³/mol. The first-order chi connectivity index (χ1) is 16.6. The number of carboxylic acids is 1. The van der Waals surface area contributed by atoms with Crippen LogP contribution in [0.25, 0.3) is 11.1 Å². The van der Waals surface area contributed by atoms with E-state index in [4.69, 9.17) is 4.74 Å². The first kappa shape index (κ1) is 24.8. The molecule has 7 nitrogen and oxygen atoms in total. The number of piperidine rings is 1. The molecule has 186 valence electrons. The minimum Gasteiger partial charge on any atom is -0.481 e. The van der Waals surface area contributed by atoms with Crippen LogP contribution in [-0.4, -0.2) is 53.7 Å². The summed E-state index contributed by atoms with van der Waals surface area (Å²) in [5.74, 6) is -1.77. The second-order valence-corrected chi connectivity index (χ2v) is 10.9. The molecule has 1 aliphatic heterocycles. The molecule has 0 aromatic heterocycles. The Balaban J connectivity index is 1.46. The van der Waals surface area contributed by atoms with Crippen molar-refractivity contribution >= 4 is 18.0 Å². The highest BCUT2D eigenvalue weighted by molar-refractivity contribution is 5.87.